The van der Waals surface area contributed by atoms with Crippen LogP contribution in [0.25, 0.3) is 5.70 Å². The molecule has 0 aliphatic carbocycles. The van der Waals surface area contributed by atoms with Gasteiger partial charge in [-0.25, -0.2) is 4.99 Å². The third kappa shape index (κ3) is 4.18. The summed E-state index contributed by atoms with van der Waals surface area (Å²) in [7, 11) is 0. The number of hydrogen-bond donors (Lipinski definition) is 1. The Labute approximate surface area is 163 Å². The van der Waals surface area contributed by atoms with Gasteiger partial charge < -0.3 is 9.84 Å². The minimum atomic E-state index is -0.00590. The lowest BCUT2D eigenvalue weighted by atomic mass is 10.0. The zero-order valence-electron chi connectivity index (χ0n) is 15.2. The van der Waals surface area contributed by atoms with Crippen molar-refractivity contribution < 1.29 is 14.6 Å². The second-order valence-electron chi connectivity index (χ2n) is 6.56. The zero-order chi connectivity index (χ0) is 19.3. The molecule has 1 aliphatic rings. The largest absolute Gasteiger partial charge is 0.508 e. The summed E-state index contributed by atoms with van der Waals surface area (Å²) in [5, 5.41) is 9.35. The van der Waals surface area contributed by atoms with E-state index >= 15 is 0 Å². The molecule has 4 nitrogen and oxygen atoms in total. The van der Waals surface area contributed by atoms with Gasteiger partial charge in [-0.15, -0.1) is 0 Å². The molecule has 0 aromatic heterocycles. The standard InChI is InChI=1S/C24H19NO3/c26-19-11-9-17(10-12-19)15-24(27)23-14-13-22(25-23)18-5-4-8-21(16-18)28-20-6-2-1-3-7-20/h1-13,16,26H,14-15H2. The first-order valence-corrected chi connectivity index (χ1v) is 9.09. The number of aliphatic imine (C=N–C) groups is 1. The molecule has 3 aromatic carbocycles. The van der Waals surface area contributed by atoms with Crippen LogP contribution in [0.3, 0.4) is 0 Å². The van der Waals surface area contributed by atoms with E-state index in [1.807, 2.05) is 60.7 Å². The molecule has 0 bridgehead atoms. The fraction of sp³-hybridized carbons (Fsp3) is 0.0833. The molecular formula is C24H19NO3. The fourth-order valence-electron chi connectivity index (χ4n) is 3.03. The lowest BCUT2D eigenvalue weighted by Crippen LogP contribution is -2.14. The molecule has 0 spiro atoms. The number of ether oxygens (including phenoxy) is 1. The second kappa shape index (κ2) is 7.92. The first-order valence-electron chi connectivity index (χ1n) is 9.09. The van der Waals surface area contributed by atoms with Crippen LogP contribution >= 0.6 is 0 Å². The Hall–Kier alpha value is -3.66. The maximum Gasteiger partial charge on any atom is 0.181 e. The van der Waals surface area contributed by atoms with E-state index in [-0.39, 0.29) is 18.0 Å². The molecule has 0 saturated carbocycles. The van der Waals surface area contributed by atoms with E-state index < -0.39 is 0 Å². The second-order valence-corrected chi connectivity index (χ2v) is 6.56. The van der Waals surface area contributed by atoms with Gasteiger partial charge in [0.1, 0.15) is 17.2 Å². The predicted molar refractivity (Wildman–Crippen MR) is 110 cm³/mol. The summed E-state index contributed by atoms with van der Waals surface area (Å²) in [5.74, 6) is 1.68. The molecular weight excluding hydrogens is 350 g/mol. The monoisotopic (exact) mass is 369 g/mol. The number of carbonyl (C=O) groups is 1. The summed E-state index contributed by atoms with van der Waals surface area (Å²) in [5.41, 5.74) is 3.11. The molecule has 0 unspecified atom stereocenters. The topological polar surface area (TPSA) is 58.9 Å². The Kier molecular flexibility index (Phi) is 5.02. The quantitative estimate of drug-likeness (QED) is 0.651. The van der Waals surface area contributed by atoms with Gasteiger partial charge in [0.05, 0.1) is 11.4 Å². The highest BCUT2D eigenvalue weighted by Gasteiger charge is 2.18. The number of allylic oxidation sites excluding steroid dienone is 1. The smallest absolute Gasteiger partial charge is 0.181 e. The molecule has 28 heavy (non-hydrogen) atoms. The van der Waals surface area contributed by atoms with Crippen LogP contribution in [-0.4, -0.2) is 16.6 Å². The number of carbonyl (C=O) groups excluding carboxylic acids is 1. The molecule has 0 saturated heterocycles. The first-order chi connectivity index (χ1) is 13.7. The summed E-state index contributed by atoms with van der Waals surface area (Å²) in [6, 6.07) is 24.0. The van der Waals surface area contributed by atoms with Crippen molar-refractivity contribution in [2.75, 3.05) is 0 Å². The van der Waals surface area contributed by atoms with Crippen molar-refractivity contribution in [2.24, 2.45) is 4.99 Å². The number of nitrogens with zero attached hydrogens (tertiary/aromatic N) is 1. The minimum absolute atomic E-state index is 0.00590. The van der Waals surface area contributed by atoms with Crippen LogP contribution in [0, 0.1) is 0 Å². The van der Waals surface area contributed by atoms with Gasteiger partial charge >= 0.3 is 0 Å². The van der Waals surface area contributed by atoms with Gasteiger partial charge in [-0.2, -0.15) is 0 Å². The highest BCUT2D eigenvalue weighted by molar-refractivity contribution is 6.42. The van der Waals surface area contributed by atoms with E-state index in [0.717, 1.165) is 28.3 Å². The normalized spacial score (nSPS) is 13.0. The summed E-state index contributed by atoms with van der Waals surface area (Å²) < 4.78 is 5.88. The number of Topliss-reactive ketones (excluding diaryl/α,β-unsaturated/α-hetero) is 1. The molecule has 0 atom stereocenters. The number of aromatic hydroxyl groups is 1. The summed E-state index contributed by atoms with van der Waals surface area (Å²) in [6.07, 6.45) is 2.76. The van der Waals surface area contributed by atoms with E-state index in [1.54, 1.807) is 24.3 Å². The average molecular weight is 369 g/mol. The highest BCUT2D eigenvalue weighted by Crippen LogP contribution is 2.28. The first kappa shape index (κ1) is 17.7. The van der Waals surface area contributed by atoms with Crippen LogP contribution in [0.1, 0.15) is 17.5 Å². The molecule has 0 amide bonds. The van der Waals surface area contributed by atoms with Crippen LogP contribution < -0.4 is 4.74 Å². The van der Waals surface area contributed by atoms with Gasteiger partial charge in [-0.3, -0.25) is 4.79 Å². The molecule has 4 heteroatoms. The summed E-state index contributed by atoms with van der Waals surface area (Å²) >= 11 is 0. The molecule has 0 radical (unpaired) electrons. The Bertz CT molecular complexity index is 1050. The average Bonchev–Trinajstić information content (AvgIpc) is 3.21. The molecule has 1 N–H and O–H groups in total. The Morgan fingerprint density at radius 2 is 1.68 bits per heavy atom. The van der Waals surface area contributed by atoms with Crippen molar-refractivity contribution in [3.63, 3.8) is 0 Å². The maximum absolute atomic E-state index is 12.5. The van der Waals surface area contributed by atoms with Gasteiger partial charge in [0.25, 0.3) is 0 Å². The number of phenolic OH excluding ortho intramolecular Hbond substituents is 1. The molecule has 138 valence electrons. The maximum atomic E-state index is 12.5. The lowest BCUT2D eigenvalue weighted by Gasteiger charge is -2.07. The van der Waals surface area contributed by atoms with Crippen LogP contribution in [-0.2, 0) is 11.2 Å². The Morgan fingerprint density at radius 3 is 2.46 bits per heavy atom. The summed E-state index contributed by atoms with van der Waals surface area (Å²) in [4.78, 5) is 17.1. The molecule has 1 aliphatic heterocycles. The van der Waals surface area contributed by atoms with Gasteiger partial charge in [-0.05, 0) is 42.0 Å². The lowest BCUT2D eigenvalue weighted by molar-refractivity contribution is -0.112. The van der Waals surface area contributed by atoms with E-state index in [2.05, 4.69) is 4.99 Å². The van der Waals surface area contributed by atoms with Gasteiger partial charge in [0, 0.05) is 18.4 Å². The zero-order valence-corrected chi connectivity index (χ0v) is 15.2. The molecule has 0 fully saturated rings. The van der Waals surface area contributed by atoms with E-state index in [1.165, 1.54) is 0 Å². The van der Waals surface area contributed by atoms with Crippen molar-refractivity contribution in [1.29, 1.82) is 0 Å². The van der Waals surface area contributed by atoms with Crippen molar-refractivity contribution in [1.82, 2.24) is 0 Å². The van der Waals surface area contributed by atoms with Crippen molar-refractivity contribution in [2.45, 2.75) is 12.8 Å². The third-order valence-corrected chi connectivity index (χ3v) is 4.48. The Balaban J connectivity index is 1.46. The number of ketones is 1. The van der Waals surface area contributed by atoms with Crippen LogP contribution in [0.2, 0.25) is 0 Å². The van der Waals surface area contributed by atoms with Crippen molar-refractivity contribution >= 4 is 17.2 Å². The fourth-order valence-corrected chi connectivity index (χ4v) is 3.03. The van der Waals surface area contributed by atoms with Crippen LogP contribution in [0.5, 0.6) is 17.2 Å². The molecule has 1 heterocycles. The van der Waals surface area contributed by atoms with Gasteiger partial charge in [0.15, 0.2) is 5.78 Å². The van der Waals surface area contributed by atoms with Crippen LogP contribution in [0.15, 0.2) is 89.9 Å². The minimum Gasteiger partial charge on any atom is -0.508 e. The molecule has 3 aromatic rings. The van der Waals surface area contributed by atoms with Gasteiger partial charge in [-0.1, -0.05) is 48.5 Å². The third-order valence-electron chi connectivity index (χ3n) is 4.48. The number of benzene rings is 3. The van der Waals surface area contributed by atoms with Crippen LogP contribution in [0.4, 0.5) is 0 Å². The van der Waals surface area contributed by atoms with E-state index in [0.29, 0.717) is 12.1 Å². The number of hydrogen-bond acceptors (Lipinski definition) is 4. The predicted octanol–water partition coefficient (Wildman–Crippen LogP) is 5.18. The van der Waals surface area contributed by atoms with E-state index in [4.69, 9.17) is 4.74 Å². The SMILES string of the molecule is O=C(Cc1ccc(O)cc1)C1=NC(c2cccc(Oc3ccccc3)c2)=CC1. The highest BCUT2D eigenvalue weighted by atomic mass is 16.5. The number of phenols is 1. The summed E-state index contributed by atoms with van der Waals surface area (Å²) in [6.45, 7) is 0. The number of rotatable bonds is 6. The van der Waals surface area contributed by atoms with E-state index in [9.17, 15) is 9.90 Å². The number of para-hydroxylation sites is 1. The van der Waals surface area contributed by atoms with Crippen molar-refractivity contribution in [3.05, 3.63) is 96.1 Å². The Morgan fingerprint density at radius 1 is 0.929 bits per heavy atom. The molecule has 4 rings (SSSR count). The van der Waals surface area contributed by atoms with Gasteiger partial charge in [0.2, 0.25) is 0 Å². The van der Waals surface area contributed by atoms with Crippen molar-refractivity contribution in [3.8, 4) is 17.2 Å².